The highest BCUT2D eigenvalue weighted by Gasteiger charge is 2.51. The number of carboxylic acids is 1. The lowest BCUT2D eigenvalue weighted by atomic mass is 9.94. The second-order valence-corrected chi connectivity index (χ2v) is 6.20. The summed E-state index contributed by atoms with van der Waals surface area (Å²) in [5.74, 6) is -0.718. The zero-order chi connectivity index (χ0) is 16.3. The molecule has 0 heterocycles. The number of carboxylic acid groups (broad SMARTS) is 1. The lowest BCUT2D eigenvalue weighted by Crippen LogP contribution is -2.19. The Bertz CT molecular complexity index is 655. The number of nitrogens with two attached hydrogens (primary N) is 1. The van der Waals surface area contributed by atoms with Crippen molar-refractivity contribution in [2.24, 2.45) is 5.73 Å². The molecule has 0 aliphatic heterocycles. The zero-order valence-corrected chi connectivity index (χ0v) is 13.4. The molecule has 0 bridgehead atoms. The van der Waals surface area contributed by atoms with E-state index >= 15 is 0 Å². The predicted molar refractivity (Wildman–Crippen MR) is 90.3 cm³/mol. The van der Waals surface area contributed by atoms with E-state index in [1.54, 1.807) is 0 Å². The molecule has 2 rings (SSSR count). The van der Waals surface area contributed by atoms with Crippen molar-refractivity contribution < 1.29 is 9.90 Å². The molecule has 0 aromatic heterocycles. The summed E-state index contributed by atoms with van der Waals surface area (Å²) in [6.07, 6.45) is 7.26. The summed E-state index contributed by atoms with van der Waals surface area (Å²) in [5.41, 5.74) is 10.2. The molecule has 1 saturated carbocycles. The molecule has 22 heavy (non-hydrogen) atoms. The summed E-state index contributed by atoms with van der Waals surface area (Å²) < 4.78 is 0. The van der Waals surface area contributed by atoms with Crippen LogP contribution in [0.1, 0.15) is 44.7 Å². The molecule has 116 valence electrons. The largest absolute Gasteiger partial charge is 0.481 e. The highest BCUT2D eigenvalue weighted by molar-refractivity contribution is 5.85. The van der Waals surface area contributed by atoms with Crippen LogP contribution in [0, 0.1) is 0 Å². The van der Waals surface area contributed by atoms with Gasteiger partial charge in [-0.15, -0.1) is 0 Å². The van der Waals surface area contributed by atoms with Crippen molar-refractivity contribution in [3.05, 3.63) is 64.9 Å². The Labute approximate surface area is 131 Å². The van der Waals surface area contributed by atoms with Crippen LogP contribution in [0.3, 0.4) is 0 Å². The molecular weight excluding hydrogens is 274 g/mol. The van der Waals surface area contributed by atoms with E-state index in [9.17, 15) is 9.90 Å². The average molecular weight is 297 g/mol. The number of aliphatic carboxylic acids is 1. The summed E-state index contributed by atoms with van der Waals surface area (Å²) in [6.45, 7) is 6.03. The smallest absolute Gasteiger partial charge is 0.314 e. The SMILES string of the molecule is CC(C)=C/C(N)=C\C=C(/C)c1ccc(C2(C(=O)O)CC2)cc1. The molecule has 3 N–H and O–H groups in total. The molecular formula is C19H23NO2. The Kier molecular flexibility index (Phi) is 4.55. The van der Waals surface area contributed by atoms with Gasteiger partial charge in [-0.05, 0) is 62.5 Å². The predicted octanol–water partition coefficient (Wildman–Crippen LogP) is 4.01. The van der Waals surface area contributed by atoms with Crippen LogP contribution < -0.4 is 5.73 Å². The third kappa shape index (κ3) is 3.48. The standard InChI is InChI=1S/C19H23NO2/c1-13(2)12-17(20)9-4-14(3)15-5-7-16(8-6-15)19(10-11-19)18(21)22/h4-9,12H,10-11,20H2,1-3H3,(H,21,22)/b14-4+,17-9+. The molecule has 0 spiro atoms. The normalized spacial score (nSPS) is 17.0. The van der Waals surface area contributed by atoms with Crippen molar-refractivity contribution in [1.82, 2.24) is 0 Å². The van der Waals surface area contributed by atoms with Gasteiger partial charge in [0.05, 0.1) is 5.41 Å². The summed E-state index contributed by atoms with van der Waals surface area (Å²) in [5, 5.41) is 9.31. The van der Waals surface area contributed by atoms with Gasteiger partial charge in [-0.2, -0.15) is 0 Å². The minimum atomic E-state index is -0.718. The molecule has 0 unspecified atom stereocenters. The van der Waals surface area contributed by atoms with Crippen LogP contribution >= 0.6 is 0 Å². The van der Waals surface area contributed by atoms with Crippen LogP contribution in [-0.2, 0) is 10.2 Å². The number of allylic oxidation sites excluding steroid dienone is 5. The van der Waals surface area contributed by atoms with Gasteiger partial charge < -0.3 is 10.8 Å². The Balaban J connectivity index is 2.17. The van der Waals surface area contributed by atoms with E-state index < -0.39 is 11.4 Å². The number of benzene rings is 1. The van der Waals surface area contributed by atoms with E-state index in [1.807, 2.05) is 63.3 Å². The van der Waals surface area contributed by atoms with Crippen LogP contribution in [-0.4, -0.2) is 11.1 Å². The Hall–Kier alpha value is -2.29. The highest BCUT2D eigenvalue weighted by Crippen LogP contribution is 2.48. The fourth-order valence-electron chi connectivity index (χ4n) is 2.50. The van der Waals surface area contributed by atoms with Crippen LogP contribution in [0.4, 0.5) is 0 Å². The molecule has 3 heteroatoms. The first-order valence-electron chi connectivity index (χ1n) is 7.48. The minimum absolute atomic E-state index is 0.635. The van der Waals surface area contributed by atoms with Crippen LogP contribution in [0.5, 0.6) is 0 Å². The number of hydrogen-bond acceptors (Lipinski definition) is 2. The molecule has 3 nitrogen and oxygen atoms in total. The van der Waals surface area contributed by atoms with E-state index in [0.717, 1.165) is 40.8 Å². The van der Waals surface area contributed by atoms with Crippen molar-refractivity contribution in [1.29, 1.82) is 0 Å². The van der Waals surface area contributed by atoms with Gasteiger partial charge in [0.15, 0.2) is 0 Å². The van der Waals surface area contributed by atoms with Gasteiger partial charge >= 0.3 is 5.97 Å². The van der Waals surface area contributed by atoms with Gasteiger partial charge in [0.2, 0.25) is 0 Å². The fraction of sp³-hybridized carbons (Fsp3) is 0.316. The van der Waals surface area contributed by atoms with Gasteiger partial charge in [-0.1, -0.05) is 35.9 Å². The second-order valence-electron chi connectivity index (χ2n) is 6.20. The third-order valence-electron chi connectivity index (χ3n) is 4.03. The maximum absolute atomic E-state index is 11.3. The average Bonchev–Trinajstić information content (AvgIpc) is 3.26. The van der Waals surface area contributed by atoms with Gasteiger partial charge in [0.1, 0.15) is 0 Å². The first-order chi connectivity index (χ1) is 10.3. The molecule has 1 fully saturated rings. The van der Waals surface area contributed by atoms with E-state index in [4.69, 9.17) is 5.73 Å². The Morgan fingerprint density at radius 2 is 1.73 bits per heavy atom. The maximum atomic E-state index is 11.3. The first-order valence-corrected chi connectivity index (χ1v) is 7.48. The highest BCUT2D eigenvalue weighted by atomic mass is 16.4. The lowest BCUT2D eigenvalue weighted by molar-refractivity contribution is -0.140. The molecule has 1 aliphatic carbocycles. The van der Waals surface area contributed by atoms with E-state index in [-0.39, 0.29) is 0 Å². The van der Waals surface area contributed by atoms with Gasteiger partial charge in [-0.3, -0.25) is 4.79 Å². The second kappa shape index (κ2) is 6.22. The van der Waals surface area contributed by atoms with Crippen molar-refractivity contribution >= 4 is 11.5 Å². The van der Waals surface area contributed by atoms with Crippen LogP contribution in [0.25, 0.3) is 5.57 Å². The monoisotopic (exact) mass is 297 g/mol. The molecule has 0 radical (unpaired) electrons. The van der Waals surface area contributed by atoms with Gasteiger partial charge in [0, 0.05) is 5.70 Å². The van der Waals surface area contributed by atoms with Crippen molar-refractivity contribution in [3.8, 4) is 0 Å². The molecule has 0 saturated heterocycles. The van der Waals surface area contributed by atoms with Crippen molar-refractivity contribution in [3.63, 3.8) is 0 Å². The molecule has 0 atom stereocenters. The van der Waals surface area contributed by atoms with Crippen molar-refractivity contribution in [2.75, 3.05) is 0 Å². The molecule has 0 amide bonds. The minimum Gasteiger partial charge on any atom is -0.481 e. The summed E-state index contributed by atoms with van der Waals surface area (Å²) in [7, 11) is 0. The summed E-state index contributed by atoms with van der Waals surface area (Å²) in [6, 6.07) is 7.82. The number of rotatable bonds is 5. The topological polar surface area (TPSA) is 63.3 Å². The van der Waals surface area contributed by atoms with Gasteiger partial charge in [0.25, 0.3) is 0 Å². The molecule has 1 aromatic rings. The third-order valence-corrected chi connectivity index (χ3v) is 4.03. The maximum Gasteiger partial charge on any atom is 0.314 e. The fourth-order valence-corrected chi connectivity index (χ4v) is 2.50. The first kappa shape index (κ1) is 16.1. The number of carbonyl (C=O) groups is 1. The zero-order valence-electron chi connectivity index (χ0n) is 13.4. The van der Waals surface area contributed by atoms with Gasteiger partial charge in [-0.25, -0.2) is 0 Å². The van der Waals surface area contributed by atoms with Crippen LogP contribution in [0.15, 0.2) is 53.8 Å². The van der Waals surface area contributed by atoms with E-state index in [2.05, 4.69) is 0 Å². The number of hydrogen-bond donors (Lipinski definition) is 2. The molecule has 1 aliphatic rings. The lowest BCUT2D eigenvalue weighted by Gasteiger charge is -2.11. The Morgan fingerprint density at radius 3 is 2.18 bits per heavy atom. The van der Waals surface area contributed by atoms with E-state index in [1.165, 1.54) is 0 Å². The molecule has 1 aromatic carbocycles. The van der Waals surface area contributed by atoms with E-state index in [0.29, 0.717) is 0 Å². The Morgan fingerprint density at radius 1 is 1.14 bits per heavy atom. The van der Waals surface area contributed by atoms with Crippen molar-refractivity contribution in [2.45, 2.75) is 39.0 Å². The quantitative estimate of drug-likeness (QED) is 0.807. The summed E-state index contributed by atoms with van der Waals surface area (Å²) in [4.78, 5) is 11.3. The summed E-state index contributed by atoms with van der Waals surface area (Å²) >= 11 is 0. The van der Waals surface area contributed by atoms with Crippen LogP contribution in [0.2, 0.25) is 0 Å².